The van der Waals surface area contributed by atoms with E-state index in [9.17, 15) is 5.26 Å². The van der Waals surface area contributed by atoms with Crippen molar-refractivity contribution in [2.45, 2.75) is 45.8 Å². The predicted octanol–water partition coefficient (Wildman–Crippen LogP) is 3.61. The molecule has 1 spiro atoms. The Kier molecular flexibility index (Phi) is 4.50. The van der Waals surface area contributed by atoms with Gasteiger partial charge in [-0.15, -0.1) is 0 Å². The summed E-state index contributed by atoms with van der Waals surface area (Å²) in [6, 6.07) is 8.01. The van der Waals surface area contributed by atoms with Gasteiger partial charge >= 0.3 is 0 Å². The molecule has 1 saturated heterocycles. The fraction of sp³-hybridized carbons (Fsp3) is 0.500. The van der Waals surface area contributed by atoms with E-state index in [1.54, 1.807) is 6.92 Å². The Morgan fingerprint density at radius 1 is 1.34 bits per heavy atom. The summed E-state index contributed by atoms with van der Waals surface area (Å²) in [6.45, 7) is 8.68. The smallest absolute Gasteiger partial charge is 0.227 e. The van der Waals surface area contributed by atoms with E-state index in [4.69, 9.17) is 5.73 Å². The Bertz CT molecular complexity index is 997. The van der Waals surface area contributed by atoms with Gasteiger partial charge < -0.3 is 16.0 Å². The highest BCUT2D eigenvalue weighted by atomic mass is 19.1. The number of benzene rings is 1. The topological polar surface area (TPSA) is 90.9 Å². The highest BCUT2D eigenvalue weighted by Crippen LogP contribution is 2.60. The lowest BCUT2D eigenvalue weighted by Crippen LogP contribution is -2.57. The Morgan fingerprint density at radius 2 is 2.07 bits per heavy atom. The van der Waals surface area contributed by atoms with Gasteiger partial charge in [0.25, 0.3) is 0 Å². The Balaban J connectivity index is 1.65. The molecule has 2 aliphatic rings. The van der Waals surface area contributed by atoms with E-state index in [0.717, 1.165) is 11.3 Å². The maximum absolute atomic E-state index is 15.4. The Labute approximate surface area is 171 Å². The number of nitrogens with one attached hydrogen (secondary N) is 1. The highest BCUT2D eigenvalue weighted by Gasteiger charge is 2.68. The zero-order valence-electron chi connectivity index (χ0n) is 17.3. The van der Waals surface area contributed by atoms with Crippen molar-refractivity contribution in [3.63, 3.8) is 0 Å². The van der Waals surface area contributed by atoms with E-state index in [1.165, 1.54) is 11.8 Å². The summed E-state index contributed by atoms with van der Waals surface area (Å²) in [5.41, 5.74) is 7.86. The van der Waals surface area contributed by atoms with Crippen LogP contribution >= 0.6 is 0 Å². The molecule has 4 unspecified atom stereocenters. The molecule has 29 heavy (non-hydrogen) atoms. The van der Waals surface area contributed by atoms with Crippen LogP contribution < -0.4 is 16.0 Å². The molecule has 1 aromatic carbocycles. The van der Waals surface area contributed by atoms with Crippen LogP contribution in [-0.2, 0) is 0 Å². The summed E-state index contributed by atoms with van der Waals surface area (Å²) in [7, 11) is 0. The van der Waals surface area contributed by atoms with Crippen molar-refractivity contribution in [3.05, 3.63) is 41.1 Å². The van der Waals surface area contributed by atoms with Crippen LogP contribution in [0.2, 0.25) is 0 Å². The highest BCUT2D eigenvalue weighted by molar-refractivity contribution is 5.64. The molecule has 1 aliphatic heterocycles. The number of nitrogens with two attached hydrogens (primary N) is 1. The molecule has 2 aromatic rings. The van der Waals surface area contributed by atoms with Crippen molar-refractivity contribution in [3.8, 4) is 6.07 Å². The zero-order valence-corrected chi connectivity index (χ0v) is 17.3. The summed E-state index contributed by atoms with van der Waals surface area (Å²) in [4.78, 5) is 11.0. The molecule has 6 nitrogen and oxygen atoms in total. The number of nitrogens with zero attached hydrogens (tertiary/aromatic N) is 4. The van der Waals surface area contributed by atoms with Gasteiger partial charge in [0.05, 0.1) is 6.20 Å². The normalized spacial score (nSPS) is 30.9. The van der Waals surface area contributed by atoms with Crippen molar-refractivity contribution in [2.75, 3.05) is 23.3 Å². The van der Waals surface area contributed by atoms with Crippen molar-refractivity contribution in [1.29, 1.82) is 5.26 Å². The van der Waals surface area contributed by atoms with E-state index in [-0.39, 0.29) is 12.0 Å². The summed E-state index contributed by atoms with van der Waals surface area (Å²) >= 11 is 0. The fourth-order valence-electron chi connectivity index (χ4n) is 4.44. The van der Waals surface area contributed by atoms with Gasteiger partial charge in [-0.1, -0.05) is 13.0 Å². The number of hydrogen-bond acceptors (Lipinski definition) is 6. The zero-order chi connectivity index (χ0) is 21.0. The molecule has 0 amide bonds. The van der Waals surface area contributed by atoms with Crippen LogP contribution in [-0.4, -0.2) is 34.8 Å². The number of nitriles is 1. The van der Waals surface area contributed by atoms with Crippen LogP contribution in [0.25, 0.3) is 0 Å². The quantitative estimate of drug-likeness (QED) is 0.826. The molecule has 1 aliphatic carbocycles. The maximum atomic E-state index is 15.4. The second kappa shape index (κ2) is 6.67. The van der Waals surface area contributed by atoms with Gasteiger partial charge in [-0.2, -0.15) is 10.2 Å². The molecule has 0 radical (unpaired) electrons. The molecule has 3 N–H and O–H groups in total. The average Bonchev–Trinajstić information content (AvgIpc) is 3.33. The van der Waals surface area contributed by atoms with E-state index in [1.807, 2.05) is 36.9 Å². The molecule has 2 heterocycles. The molecule has 1 aromatic heterocycles. The second-order valence-corrected chi connectivity index (χ2v) is 8.79. The second-order valence-electron chi connectivity index (χ2n) is 8.79. The van der Waals surface area contributed by atoms with E-state index >= 15 is 4.39 Å². The van der Waals surface area contributed by atoms with Crippen molar-refractivity contribution in [2.24, 2.45) is 17.1 Å². The number of alkyl halides is 1. The lowest BCUT2D eigenvalue weighted by atomic mass is 9.74. The number of aromatic nitrogens is 2. The molecular formula is C22H27FN6. The third-order valence-electron chi connectivity index (χ3n) is 6.95. The molecule has 7 heteroatoms. The van der Waals surface area contributed by atoms with Crippen LogP contribution in [0.15, 0.2) is 24.4 Å². The number of piperidine rings is 1. The minimum Gasteiger partial charge on any atom is -0.340 e. The monoisotopic (exact) mass is 394 g/mol. The molecule has 4 atom stereocenters. The van der Waals surface area contributed by atoms with E-state index in [0.29, 0.717) is 36.8 Å². The molecular weight excluding hydrogens is 367 g/mol. The molecule has 152 valence electrons. The first kappa shape index (κ1) is 19.6. The summed E-state index contributed by atoms with van der Waals surface area (Å²) in [6.07, 6.45) is 2.20. The molecule has 1 saturated carbocycles. The predicted molar refractivity (Wildman–Crippen MR) is 112 cm³/mol. The average molecular weight is 394 g/mol. The standard InChI is InChI=1S/C22H27FN6/c1-13-5-6-17(7-14(13)2)27-19-16(9-24)10-26-20(28-19)29-11-15(3)21(4,23)22(12-29)8-18(22)25/h5-7,10,15,18H,8,11-12,25H2,1-4H3,(H,26,27,28). The first-order valence-corrected chi connectivity index (χ1v) is 9.99. The van der Waals surface area contributed by atoms with Gasteiger partial charge in [-0.25, -0.2) is 9.37 Å². The Morgan fingerprint density at radius 3 is 2.69 bits per heavy atom. The van der Waals surface area contributed by atoms with E-state index in [2.05, 4.69) is 28.3 Å². The lowest BCUT2D eigenvalue weighted by Gasteiger charge is -2.46. The van der Waals surface area contributed by atoms with Crippen LogP contribution in [0.4, 0.5) is 21.8 Å². The van der Waals surface area contributed by atoms with E-state index < -0.39 is 11.1 Å². The molecule has 0 bridgehead atoms. The minimum atomic E-state index is -1.31. The summed E-state index contributed by atoms with van der Waals surface area (Å²) in [5.74, 6) is 0.757. The largest absolute Gasteiger partial charge is 0.340 e. The summed E-state index contributed by atoms with van der Waals surface area (Å²) in [5, 5.41) is 12.7. The third-order valence-corrected chi connectivity index (χ3v) is 6.95. The maximum Gasteiger partial charge on any atom is 0.227 e. The van der Waals surface area contributed by atoms with Gasteiger partial charge in [0.15, 0.2) is 5.82 Å². The Hall–Kier alpha value is -2.72. The van der Waals surface area contributed by atoms with Crippen molar-refractivity contribution < 1.29 is 4.39 Å². The van der Waals surface area contributed by atoms with Gasteiger partial charge in [0, 0.05) is 36.2 Å². The van der Waals surface area contributed by atoms with Crippen LogP contribution in [0, 0.1) is 36.5 Å². The van der Waals surface area contributed by atoms with Crippen LogP contribution in [0.5, 0.6) is 0 Å². The van der Waals surface area contributed by atoms with Crippen LogP contribution in [0.1, 0.15) is 37.0 Å². The molecule has 2 fully saturated rings. The first-order chi connectivity index (χ1) is 13.7. The molecule has 4 rings (SSSR count). The SMILES string of the molecule is Cc1ccc(Nc2nc(N3CC(C)C(C)(F)C4(CC4N)C3)ncc2C#N)cc1C. The fourth-order valence-corrected chi connectivity index (χ4v) is 4.44. The van der Waals surface area contributed by atoms with Gasteiger partial charge in [0.1, 0.15) is 17.3 Å². The lowest BCUT2D eigenvalue weighted by molar-refractivity contribution is 0.00785. The number of rotatable bonds is 3. The van der Waals surface area contributed by atoms with Gasteiger partial charge in [0.2, 0.25) is 5.95 Å². The first-order valence-electron chi connectivity index (χ1n) is 9.99. The minimum absolute atomic E-state index is 0.144. The number of anilines is 3. The van der Waals surface area contributed by atoms with Crippen LogP contribution in [0.3, 0.4) is 0 Å². The van der Waals surface area contributed by atoms with Gasteiger partial charge in [-0.05, 0) is 50.5 Å². The number of halogens is 1. The van der Waals surface area contributed by atoms with Gasteiger partial charge in [-0.3, -0.25) is 0 Å². The number of aryl methyl sites for hydroxylation is 2. The number of hydrogen-bond donors (Lipinski definition) is 2. The summed E-state index contributed by atoms with van der Waals surface area (Å²) < 4.78 is 15.4. The third kappa shape index (κ3) is 3.12. The van der Waals surface area contributed by atoms with Crippen molar-refractivity contribution >= 4 is 17.5 Å². The van der Waals surface area contributed by atoms with Crippen molar-refractivity contribution in [1.82, 2.24) is 9.97 Å².